The molecule has 1 fully saturated rings. The number of amides is 2. The quantitative estimate of drug-likeness (QED) is 0.722. The average Bonchev–Trinajstić information content (AvgIpc) is 2.79. The van der Waals surface area contributed by atoms with Crippen LogP contribution in [0.2, 0.25) is 0 Å². The Hall–Kier alpha value is -1.82. The van der Waals surface area contributed by atoms with Gasteiger partial charge in [-0.05, 0) is 37.5 Å². The molecule has 0 aromatic heterocycles. The Morgan fingerprint density at radius 1 is 1.38 bits per heavy atom. The highest BCUT2D eigenvalue weighted by Gasteiger charge is 2.25. The summed E-state index contributed by atoms with van der Waals surface area (Å²) in [6.45, 7) is 1.89. The zero-order valence-electron chi connectivity index (χ0n) is 14.3. The summed E-state index contributed by atoms with van der Waals surface area (Å²) in [6.07, 6.45) is 5.09. The number of ether oxygens (including phenoxy) is 1. The zero-order valence-corrected chi connectivity index (χ0v) is 14.3. The van der Waals surface area contributed by atoms with E-state index in [1.54, 1.807) is 19.1 Å². The number of benzene rings is 1. The van der Waals surface area contributed by atoms with Gasteiger partial charge in [-0.1, -0.05) is 25.3 Å². The summed E-state index contributed by atoms with van der Waals surface area (Å²) in [4.78, 5) is 12.3. The summed E-state index contributed by atoms with van der Waals surface area (Å²) in [7, 11) is 1.41. The van der Waals surface area contributed by atoms with Gasteiger partial charge in [0.15, 0.2) is 11.6 Å². The molecule has 24 heavy (non-hydrogen) atoms. The summed E-state index contributed by atoms with van der Waals surface area (Å²) < 4.78 is 18.7. The Bertz CT molecular complexity index is 553. The third-order valence-electron chi connectivity index (χ3n) is 4.73. The third-order valence-corrected chi connectivity index (χ3v) is 4.73. The summed E-state index contributed by atoms with van der Waals surface area (Å²) in [5.74, 6) is -0.167. The van der Waals surface area contributed by atoms with E-state index in [0.717, 1.165) is 32.1 Å². The highest BCUT2D eigenvalue weighted by Crippen LogP contribution is 2.24. The van der Waals surface area contributed by atoms with Crippen molar-refractivity contribution in [1.29, 1.82) is 0 Å². The minimum atomic E-state index is -0.451. The topological polar surface area (TPSA) is 70.6 Å². The van der Waals surface area contributed by atoms with E-state index < -0.39 is 5.82 Å². The Labute approximate surface area is 142 Å². The molecule has 134 valence electrons. The van der Waals surface area contributed by atoms with Gasteiger partial charge in [0.05, 0.1) is 13.2 Å². The van der Waals surface area contributed by atoms with Crippen LogP contribution in [0, 0.1) is 11.7 Å². The fourth-order valence-electron chi connectivity index (χ4n) is 3.23. The number of urea groups is 1. The fourth-order valence-corrected chi connectivity index (χ4v) is 3.23. The number of halogens is 1. The van der Waals surface area contributed by atoms with E-state index in [1.807, 2.05) is 0 Å². The van der Waals surface area contributed by atoms with Gasteiger partial charge in [-0.2, -0.15) is 0 Å². The number of nitrogens with one attached hydrogen (secondary N) is 2. The van der Waals surface area contributed by atoms with Crippen molar-refractivity contribution < 1.29 is 19.0 Å². The van der Waals surface area contributed by atoms with Crippen LogP contribution in [0.1, 0.15) is 50.6 Å². The number of rotatable bonds is 5. The van der Waals surface area contributed by atoms with Crippen molar-refractivity contribution in [2.75, 3.05) is 13.7 Å². The largest absolute Gasteiger partial charge is 0.494 e. The van der Waals surface area contributed by atoms with Crippen molar-refractivity contribution in [2.24, 2.45) is 5.92 Å². The first kappa shape index (κ1) is 18.5. The Balaban J connectivity index is 1.94. The molecule has 1 aliphatic carbocycles. The molecule has 1 aliphatic rings. The maximum atomic E-state index is 13.8. The maximum Gasteiger partial charge on any atom is 0.315 e. The van der Waals surface area contributed by atoms with Crippen LogP contribution in [0.4, 0.5) is 9.18 Å². The second-order valence-electron chi connectivity index (χ2n) is 6.42. The SMILES string of the molecule is COc1ccc(C(C)NC(=O)NC2CCCCCC2CO)cc1F. The van der Waals surface area contributed by atoms with Crippen LogP contribution < -0.4 is 15.4 Å². The van der Waals surface area contributed by atoms with Gasteiger partial charge >= 0.3 is 6.03 Å². The smallest absolute Gasteiger partial charge is 0.315 e. The minimum Gasteiger partial charge on any atom is -0.494 e. The van der Waals surface area contributed by atoms with Gasteiger partial charge in [0.1, 0.15) is 0 Å². The molecule has 3 atom stereocenters. The van der Waals surface area contributed by atoms with Crippen LogP contribution in [-0.4, -0.2) is 30.9 Å². The second kappa shape index (κ2) is 8.87. The molecule has 1 saturated carbocycles. The van der Waals surface area contributed by atoms with Gasteiger partial charge in [-0.3, -0.25) is 0 Å². The molecule has 3 N–H and O–H groups in total. The van der Waals surface area contributed by atoms with Gasteiger partial charge in [0.25, 0.3) is 0 Å². The number of aliphatic hydroxyl groups is 1. The summed E-state index contributed by atoms with van der Waals surface area (Å²) >= 11 is 0. The van der Waals surface area contributed by atoms with E-state index in [-0.39, 0.29) is 36.4 Å². The molecular weight excluding hydrogens is 311 g/mol. The van der Waals surface area contributed by atoms with E-state index in [4.69, 9.17) is 4.74 Å². The maximum absolute atomic E-state index is 13.8. The van der Waals surface area contributed by atoms with E-state index in [9.17, 15) is 14.3 Å². The lowest BCUT2D eigenvalue weighted by molar-refractivity contribution is 0.178. The highest BCUT2D eigenvalue weighted by atomic mass is 19.1. The lowest BCUT2D eigenvalue weighted by Crippen LogP contribution is -2.46. The number of aliphatic hydroxyl groups excluding tert-OH is 1. The van der Waals surface area contributed by atoms with Gasteiger partial charge in [0.2, 0.25) is 0 Å². The van der Waals surface area contributed by atoms with Crippen molar-refractivity contribution in [2.45, 2.75) is 51.1 Å². The summed E-state index contributed by atoms with van der Waals surface area (Å²) in [5, 5.41) is 15.3. The van der Waals surface area contributed by atoms with Crippen LogP contribution in [0.15, 0.2) is 18.2 Å². The number of carbonyl (C=O) groups is 1. The summed E-state index contributed by atoms with van der Waals surface area (Å²) in [6, 6.07) is 4.01. The molecule has 0 saturated heterocycles. The number of carbonyl (C=O) groups excluding carboxylic acids is 1. The predicted octanol–water partition coefficient (Wildman–Crippen LogP) is 3.14. The summed E-state index contributed by atoms with van der Waals surface area (Å²) in [5.41, 5.74) is 0.669. The van der Waals surface area contributed by atoms with E-state index in [0.29, 0.717) is 5.56 Å². The molecular formula is C18H27FN2O3. The van der Waals surface area contributed by atoms with E-state index >= 15 is 0 Å². The van der Waals surface area contributed by atoms with E-state index in [1.165, 1.54) is 13.2 Å². The first-order valence-corrected chi connectivity index (χ1v) is 8.56. The molecule has 0 radical (unpaired) electrons. The van der Waals surface area contributed by atoms with Gasteiger partial charge in [0, 0.05) is 18.6 Å². The molecule has 0 spiro atoms. The van der Waals surface area contributed by atoms with Gasteiger partial charge in [-0.15, -0.1) is 0 Å². The number of hydrogen-bond acceptors (Lipinski definition) is 3. The first-order valence-electron chi connectivity index (χ1n) is 8.56. The third kappa shape index (κ3) is 4.84. The molecule has 0 bridgehead atoms. The fraction of sp³-hybridized carbons (Fsp3) is 0.611. The van der Waals surface area contributed by atoms with Crippen LogP contribution in [-0.2, 0) is 0 Å². The van der Waals surface area contributed by atoms with E-state index in [2.05, 4.69) is 10.6 Å². The molecule has 1 aromatic rings. The molecule has 6 heteroatoms. The second-order valence-corrected chi connectivity index (χ2v) is 6.42. The van der Waals surface area contributed by atoms with Crippen molar-refractivity contribution in [3.8, 4) is 5.75 Å². The molecule has 3 unspecified atom stereocenters. The lowest BCUT2D eigenvalue weighted by atomic mass is 9.96. The normalized spacial score (nSPS) is 22.3. The molecule has 2 amide bonds. The minimum absolute atomic E-state index is 0.0164. The Morgan fingerprint density at radius 2 is 2.12 bits per heavy atom. The van der Waals surface area contributed by atoms with Crippen LogP contribution in [0.5, 0.6) is 5.75 Å². The molecule has 2 rings (SSSR count). The Morgan fingerprint density at radius 3 is 2.79 bits per heavy atom. The predicted molar refractivity (Wildman–Crippen MR) is 90.5 cm³/mol. The van der Waals surface area contributed by atoms with Crippen LogP contribution in [0.25, 0.3) is 0 Å². The highest BCUT2D eigenvalue weighted by molar-refractivity contribution is 5.74. The molecule has 0 aliphatic heterocycles. The standard InChI is InChI=1S/C18H27FN2O3/c1-12(13-8-9-17(24-2)15(19)10-13)20-18(23)21-16-7-5-3-4-6-14(16)11-22/h8-10,12,14,16,22H,3-7,11H2,1-2H3,(H2,20,21,23). The first-order chi connectivity index (χ1) is 11.5. The average molecular weight is 338 g/mol. The molecule has 5 nitrogen and oxygen atoms in total. The van der Waals surface area contributed by atoms with Gasteiger partial charge < -0.3 is 20.5 Å². The molecule has 1 aromatic carbocycles. The molecule has 0 heterocycles. The zero-order chi connectivity index (χ0) is 17.5. The van der Waals surface area contributed by atoms with Crippen molar-refractivity contribution in [1.82, 2.24) is 10.6 Å². The number of methoxy groups -OCH3 is 1. The van der Waals surface area contributed by atoms with Crippen molar-refractivity contribution in [3.63, 3.8) is 0 Å². The number of hydrogen-bond donors (Lipinski definition) is 3. The Kier molecular flexibility index (Phi) is 6.85. The monoisotopic (exact) mass is 338 g/mol. The van der Waals surface area contributed by atoms with Crippen LogP contribution in [0.3, 0.4) is 0 Å². The van der Waals surface area contributed by atoms with Crippen LogP contribution >= 0.6 is 0 Å². The lowest BCUT2D eigenvalue weighted by Gasteiger charge is -2.25. The van der Waals surface area contributed by atoms with Gasteiger partial charge in [-0.25, -0.2) is 9.18 Å². The van der Waals surface area contributed by atoms with Crippen molar-refractivity contribution in [3.05, 3.63) is 29.6 Å². The van der Waals surface area contributed by atoms with Crippen molar-refractivity contribution >= 4 is 6.03 Å².